The number of rotatable bonds is 5. The first-order valence-electron chi connectivity index (χ1n) is 6.95. The summed E-state index contributed by atoms with van der Waals surface area (Å²) < 4.78 is 23.5. The number of amides is 1. The van der Waals surface area contributed by atoms with E-state index >= 15 is 0 Å². The van der Waals surface area contributed by atoms with Gasteiger partial charge < -0.3 is 11.5 Å². The molecule has 1 aromatic carbocycles. The van der Waals surface area contributed by atoms with Crippen molar-refractivity contribution < 1.29 is 13.2 Å². The molecule has 1 aromatic rings. The first-order valence-corrected chi connectivity index (χ1v) is 8.49. The van der Waals surface area contributed by atoms with E-state index in [9.17, 15) is 13.2 Å². The standard InChI is InChI=1S/C14H22N4O3S/c1-4-8(3)10-6-9(5-2)12(22(17,20)21)7-11(10)13(19)18-14(15)16/h6-8H,4-5H2,1-3H3,(H2,17,20,21)(H4,15,16,18,19). The molecule has 1 unspecified atom stereocenters. The van der Waals surface area contributed by atoms with Crippen LogP contribution in [0.25, 0.3) is 0 Å². The van der Waals surface area contributed by atoms with Gasteiger partial charge in [-0.2, -0.15) is 4.99 Å². The Kier molecular flexibility index (Phi) is 5.67. The summed E-state index contributed by atoms with van der Waals surface area (Å²) in [5, 5.41) is 5.24. The van der Waals surface area contributed by atoms with E-state index in [-0.39, 0.29) is 22.3 Å². The molecule has 1 rings (SSSR count). The predicted molar refractivity (Wildman–Crippen MR) is 86.0 cm³/mol. The van der Waals surface area contributed by atoms with Crippen LogP contribution in [0.4, 0.5) is 0 Å². The summed E-state index contributed by atoms with van der Waals surface area (Å²) >= 11 is 0. The maximum atomic E-state index is 12.2. The van der Waals surface area contributed by atoms with Crippen molar-refractivity contribution in [2.75, 3.05) is 0 Å². The third-order valence-corrected chi connectivity index (χ3v) is 4.52. The molecule has 0 saturated carbocycles. The molecular formula is C14H22N4O3S. The molecule has 0 spiro atoms. The molecule has 1 atom stereocenters. The molecule has 7 nitrogen and oxygen atoms in total. The van der Waals surface area contributed by atoms with Gasteiger partial charge in [0, 0.05) is 5.56 Å². The van der Waals surface area contributed by atoms with Crippen molar-refractivity contribution in [3.05, 3.63) is 28.8 Å². The zero-order valence-corrected chi connectivity index (χ0v) is 13.8. The second-order valence-corrected chi connectivity index (χ2v) is 6.63. The quantitative estimate of drug-likeness (QED) is 0.542. The van der Waals surface area contributed by atoms with E-state index in [0.717, 1.165) is 6.42 Å². The van der Waals surface area contributed by atoms with Crippen molar-refractivity contribution in [1.82, 2.24) is 0 Å². The summed E-state index contributed by atoms with van der Waals surface area (Å²) in [6, 6.07) is 2.97. The molecule has 1 amide bonds. The maximum Gasteiger partial charge on any atom is 0.280 e. The van der Waals surface area contributed by atoms with E-state index in [2.05, 4.69) is 4.99 Å². The van der Waals surface area contributed by atoms with E-state index in [1.54, 1.807) is 6.07 Å². The number of hydrogen-bond donors (Lipinski definition) is 3. The van der Waals surface area contributed by atoms with Crippen molar-refractivity contribution >= 4 is 21.9 Å². The first-order chi connectivity index (χ1) is 10.1. The van der Waals surface area contributed by atoms with Gasteiger partial charge >= 0.3 is 0 Å². The predicted octanol–water partition coefficient (Wildman–Crippen LogP) is 0.824. The Morgan fingerprint density at radius 3 is 2.27 bits per heavy atom. The minimum Gasteiger partial charge on any atom is -0.370 e. The highest BCUT2D eigenvalue weighted by molar-refractivity contribution is 7.89. The van der Waals surface area contributed by atoms with Crippen molar-refractivity contribution in [1.29, 1.82) is 0 Å². The fourth-order valence-corrected chi connectivity index (χ4v) is 3.03. The number of carbonyl (C=O) groups excluding carboxylic acids is 1. The average molecular weight is 326 g/mol. The summed E-state index contributed by atoms with van der Waals surface area (Å²) in [6.45, 7) is 5.73. The van der Waals surface area contributed by atoms with Crippen LogP contribution in [0.3, 0.4) is 0 Å². The monoisotopic (exact) mass is 326 g/mol. The molecule has 0 aliphatic heterocycles. The summed E-state index contributed by atoms with van der Waals surface area (Å²) in [5.74, 6) is -1.01. The number of carbonyl (C=O) groups is 1. The van der Waals surface area contributed by atoms with E-state index in [4.69, 9.17) is 16.6 Å². The SMILES string of the molecule is CCc1cc(C(C)CC)c(C(=O)N=C(N)N)cc1S(N)(=O)=O. The molecule has 6 N–H and O–H groups in total. The Morgan fingerprint density at radius 1 is 1.27 bits per heavy atom. The van der Waals surface area contributed by atoms with E-state index in [1.807, 2.05) is 20.8 Å². The van der Waals surface area contributed by atoms with Crippen molar-refractivity contribution in [2.45, 2.75) is 44.4 Å². The number of aliphatic imine (C=N–C) groups is 1. The molecule has 0 saturated heterocycles. The number of benzene rings is 1. The Labute approximate surface area is 130 Å². The minimum absolute atomic E-state index is 0.0491. The Balaban J connectivity index is 3.70. The number of nitrogens with two attached hydrogens (primary N) is 3. The van der Waals surface area contributed by atoms with Crippen molar-refractivity contribution in [3.63, 3.8) is 0 Å². The number of guanidine groups is 1. The molecule has 0 fully saturated rings. The van der Waals surface area contributed by atoms with Gasteiger partial charge in [-0.3, -0.25) is 4.79 Å². The Hall–Kier alpha value is -1.93. The van der Waals surface area contributed by atoms with Gasteiger partial charge in [0.25, 0.3) is 5.91 Å². The van der Waals surface area contributed by atoms with Crippen LogP contribution in [0.15, 0.2) is 22.0 Å². The Bertz CT molecular complexity index is 707. The van der Waals surface area contributed by atoms with Gasteiger partial charge in [-0.25, -0.2) is 13.6 Å². The molecule has 0 aromatic heterocycles. The molecule has 0 aliphatic carbocycles. The topological polar surface area (TPSA) is 142 Å². The number of nitrogens with zero attached hydrogens (tertiary/aromatic N) is 1. The first kappa shape index (κ1) is 18.1. The van der Waals surface area contributed by atoms with Crippen molar-refractivity contribution in [3.8, 4) is 0 Å². The van der Waals surface area contributed by atoms with Gasteiger partial charge in [-0.05, 0) is 36.0 Å². The van der Waals surface area contributed by atoms with Crippen LogP contribution in [-0.2, 0) is 16.4 Å². The van der Waals surface area contributed by atoms with Crippen LogP contribution in [-0.4, -0.2) is 20.3 Å². The normalized spacial score (nSPS) is 12.7. The molecular weight excluding hydrogens is 304 g/mol. The summed E-state index contributed by atoms with van der Waals surface area (Å²) in [5.41, 5.74) is 11.9. The third-order valence-electron chi connectivity index (χ3n) is 3.52. The lowest BCUT2D eigenvalue weighted by Gasteiger charge is -2.17. The smallest absolute Gasteiger partial charge is 0.280 e. The van der Waals surface area contributed by atoms with Crippen LogP contribution in [0.2, 0.25) is 0 Å². The lowest BCUT2D eigenvalue weighted by molar-refractivity contribution is 0.100. The summed E-state index contributed by atoms with van der Waals surface area (Å²) in [6.07, 6.45) is 1.26. The third kappa shape index (κ3) is 4.05. The summed E-state index contributed by atoms with van der Waals surface area (Å²) in [7, 11) is -3.94. The number of aryl methyl sites for hydroxylation is 1. The molecule has 0 bridgehead atoms. The van der Waals surface area contributed by atoms with Crippen molar-refractivity contribution in [2.24, 2.45) is 21.6 Å². The van der Waals surface area contributed by atoms with Crippen LogP contribution in [0.1, 0.15) is 54.6 Å². The van der Waals surface area contributed by atoms with Gasteiger partial charge in [-0.15, -0.1) is 0 Å². The molecule has 0 radical (unpaired) electrons. The molecule has 0 heterocycles. The van der Waals surface area contributed by atoms with Crippen LogP contribution < -0.4 is 16.6 Å². The number of primary sulfonamides is 1. The van der Waals surface area contributed by atoms with Gasteiger partial charge in [0.15, 0.2) is 5.96 Å². The van der Waals surface area contributed by atoms with Crippen LogP contribution in [0, 0.1) is 0 Å². The highest BCUT2D eigenvalue weighted by Crippen LogP contribution is 2.29. The lowest BCUT2D eigenvalue weighted by atomic mass is 9.91. The lowest BCUT2D eigenvalue weighted by Crippen LogP contribution is -2.25. The minimum atomic E-state index is -3.94. The molecule has 122 valence electrons. The largest absolute Gasteiger partial charge is 0.370 e. The summed E-state index contributed by atoms with van der Waals surface area (Å²) in [4.78, 5) is 15.6. The van der Waals surface area contributed by atoms with E-state index in [0.29, 0.717) is 17.5 Å². The molecule has 0 aliphatic rings. The van der Waals surface area contributed by atoms with E-state index < -0.39 is 15.9 Å². The van der Waals surface area contributed by atoms with Gasteiger partial charge in [0.2, 0.25) is 10.0 Å². The second-order valence-electron chi connectivity index (χ2n) is 5.10. The zero-order valence-electron chi connectivity index (χ0n) is 13.0. The Morgan fingerprint density at radius 2 is 1.86 bits per heavy atom. The van der Waals surface area contributed by atoms with Gasteiger partial charge in [0.1, 0.15) is 0 Å². The average Bonchev–Trinajstić information content (AvgIpc) is 2.43. The highest BCUT2D eigenvalue weighted by atomic mass is 32.2. The number of hydrogen-bond acceptors (Lipinski definition) is 3. The van der Waals surface area contributed by atoms with Gasteiger partial charge in [0.05, 0.1) is 4.90 Å². The molecule has 8 heteroatoms. The zero-order chi connectivity index (χ0) is 17.1. The highest BCUT2D eigenvalue weighted by Gasteiger charge is 2.22. The molecule has 22 heavy (non-hydrogen) atoms. The second kappa shape index (κ2) is 6.89. The fraction of sp³-hybridized carbons (Fsp3) is 0.429. The number of sulfonamides is 1. The van der Waals surface area contributed by atoms with E-state index in [1.165, 1.54) is 6.07 Å². The maximum absolute atomic E-state index is 12.2. The van der Waals surface area contributed by atoms with Crippen LogP contribution in [0.5, 0.6) is 0 Å². The van der Waals surface area contributed by atoms with Gasteiger partial charge in [-0.1, -0.05) is 26.8 Å². The van der Waals surface area contributed by atoms with Crippen LogP contribution >= 0.6 is 0 Å². The fourth-order valence-electron chi connectivity index (χ4n) is 2.18.